The lowest BCUT2D eigenvalue weighted by molar-refractivity contribution is -0.117. The number of aliphatic hydroxyl groups excluding tert-OH is 1. The smallest absolute Gasteiger partial charge is 0.238 e. The summed E-state index contributed by atoms with van der Waals surface area (Å²) in [4.78, 5) is 16.2. The number of hydrogen-bond donors (Lipinski definition) is 2. The standard InChI is InChI=1S/C20H24FN3O2/c1-15(25)16-7-8-19(18(21)13-16)24-11-9-23(10-12-24)14-20(26)22-17-5-3-2-4-6-17/h2-8,13,15,25H,9-12,14H2,1H3,(H,22,26)/t15-/m0/s1. The molecule has 0 aromatic heterocycles. The Kier molecular flexibility index (Phi) is 5.85. The Balaban J connectivity index is 1.52. The number of halogens is 1. The van der Waals surface area contributed by atoms with Gasteiger partial charge in [-0.05, 0) is 36.8 Å². The van der Waals surface area contributed by atoms with E-state index in [2.05, 4.69) is 10.2 Å². The molecule has 1 saturated heterocycles. The van der Waals surface area contributed by atoms with E-state index in [1.807, 2.05) is 35.2 Å². The van der Waals surface area contributed by atoms with Crippen molar-refractivity contribution in [1.29, 1.82) is 0 Å². The van der Waals surface area contributed by atoms with Gasteiger partial charge in [0.15, 0.2) is 0 Å². The molecule has 1 heterocycles. The van der Waals surface area contributed by atoms with Gasteiger partial charge in [-0.3, -0.25) is 9.69 Å². The van der Waals surface area contributed by atoms with E-state index in [9.17, 15) is 14.3 Å². The lowest BCUT2D eigenvalue weighted by Crippen LogP contribution is -2.48. The number of amides is 1. The third-order valence-corrected chi connectivity index (χ3v) is 4.59. The fraction of sp³-hybridized carbons (Fsp3) is 0.350. The number of hydrogen-bond acceptors (Lipinski definition) is 4. The number of anilines is 2. The summed E-state index contributed by atoms with van der Waals surface area (Å²) in [7, 11) is 0. The first-order chi connectivity index (χ1) is 12.5. The van der Waals surface area contributed by atoms with Crippen LogP contribution in [0.2, 0.25) is 0 Å². The van der Waals surface area contributed by atoms with E-state index in [4.69, 9.17) is 0 Å². The van der Waals surface area contributed by atoms with E-state index in [-0.39, 0.29) is 11.7 Å². The van der Waals surface area contributed by atoms with Gasteiger partial charge in [0.05, 0.1) is 18.3 Å². The molecule has 0 aliphatic carbocycles. The van der Waals surface area contributed by atoms with Gasteiger partial charge in [-0.25, -0.2) is 4.39 Å². The average molecular weight is 357 g/mol. The number of nitrogens with one attached hydrogen (secondary N) is 1. The first kappa shape index (κ1) is 18.4. The SMILES string of the molecule is C[C@H](O)c1ccc(N2CCN(CC(=O)Nc3ccccc3)CC2)c(F)c1. The van der Waals surface area contributed by atoms with Gasteiger partial charge in [0, 0.05) is 31.9 Å². The zero-order valence-electron chi connectivity index (χ0n) is 14.9. The quantitative estimate of drug-likeness (QED) is 0.864. The Hall–Kier alpha value is -2.44. The van der Waals surface area contributed by atoms with Gasteiger partial charge in [0.1, 0.15) is 5.82 Å². The molecule has 2 aromatic rings. The fourth-order valence-electron chi connectivity index (χ4n) is 3.11. The molecule has 5 nitrogen and oxygen atoms in total. The van der Waals surface area contributed by atoms with E-state index >= 15 is 0 Å². The highest BCUT2D eigenvalue weighted by Gasteiger charge is 2.21. The van der Waals surface area contributed by atoms with Gasteiger partial charge in [0.2, 0.25) is 5.91 Å². The minimum Gasteiger partial charge on any atom is -0.389 e. The van der Waals surface area contributed by atoms with Crippen molar-refractivity contribution in [3.05, 3.63) is 59.9 Å². The predicted octanol–water partition coefficient (Wildman–Crippen LogP) is 2.64. The number of nitrogens with zero attached hydrogens (tertiary/aromatic N) is 2. The molecule has 0 unspecified atom stereocenters. The first-order valence-electron chi connectivity index (χ1n) is 8.82. The van der Waals surface area contributed by atoms with Crippen molar-refractivity contribution < 1.29 is 14.3 Å². The molecule has 0 radical (unpaired) electrons. The molecule has 2 N–H and O–H groups in total. The van der Waals surface area contributed by atoms with Crippen LogP contribution in [0.25, 0.3) is 0 Å². The zero-order valence-corrected chi connectivity index (χ0v) is 14.9. The van der Waals surface area contributed by atoms with E-state index in [1.165, 1.54) is 6.07 Å². The van der Waals surface area contributed by atoms with Gasteiger partial charge in [-0.15, -0.1) is 0 Å². The van der Waals surface area contributed by atoms with Gasteiger partial charge in [0.25, 0.3) is 0 Å². The second-order valence-corrected chi connectivity index (χ2v) is 6.56. The van der Waals surface area contributed by atoms with Crippen molar-refractivity contribution in [3.63, 3.8) is 0 Å². The van der Waals surface area contributed by atoms with Crippen LogP contribution in [-0.4, -0.2) is 48.6 Å². The summed E-state index contributed by atoms with van der Waals surface area (Å²) in [6, 6.07) is 14.2. The topological polar surface area (TPSA) is 55.8 Å². The lowest BCUT2D eigenvalue weighted by Gasteiger charge is -2.36. The van der Waals surface area contributed by atoms with Crippen LogP contribution < -0.4 is 10.2 Å². The normalized spacial score (nSPS) is 16.3. The Morgan fingerprint density at radius 1 is 1.15 bits per heavy atom. The Morgan fingerprint density at radius 2 is 1.85 bits per heavy atom. The van der Waals surface area contributed by atoms with E-state index in [0.717, 1.165) is 5.69 Å². The summed E-state index contributed by atoms with van der Waals surface area (Å²) < 4.78 is 14.3. The van der Waals surface area contributed by atoms with Crippen LogP contribution >= 0.6 is 0 Å². The number of carbonyl (C=O) groups excluding carboxylic acids is 1. The monoisotopic (exact) mass is 357 g/mol. The van der Waals surface area contributed by atoms with Crippen LogP contribution in [0, 0.1) is 5.82 Å². The molecule has 0 spiro atoms. The van der Waals surface area contributed by atoms with Crippen molar-refractivity contribution in [1.82, 2.24) is 4.90 Å². The molecule has 6 heteroatoms. The maximum atomic E-state index is 14.3. The molecule has 1 aliphatic rings. The highest BCUT2D eigenvalue weighted by molar-refractivity contribution is 5.92. The van der Waals surface area contributed by atoms with Crippen molar-refractivity contribution in [2.45, 2.75) is 13.0 Å². The van der Waals surface area contributed by atoms with Crippen molar-refractivity contribution >= 4 is 17.3 Å². The Morgan fingerprint density at radius 3 is 2.46 bits per heavy atom. The predicted molar refractivity (Wildman–Crippen MR) is 101 cm³/mol. The molecule has 138 valence electrons. The number of piperazine rings is 1. The summed E-state index contributed by atoms with van der Waals surface area (Å²) in [5.41, 5.74) is 1.90. The average Bonchev–Trinajstić information content (AvgIpc) is 2.63. The number of rotatable bonds is 5. The second-order valence-electron chi connectivity index (χ2n) is 6.56. The minimum absolute atomic E-state index is 0.0443. The molecule has 1 amide bonds. The van der Waals surface area contributed by atoms with Crippen LogP contribution in [0.1, 0.15) is 18.6 Å². The number of para-hydroxylation sites is 1. The molecule has 3 rings (SSSR count). The minimum atomic E-state index is -0.682. The van der Waals surface area contributed by atoms with E-state index in [1.54, 1.807) is 19.1 Å². The van der Waals surface area contributed by atoms with Crippen LogP contribution in [0.15, 0.2) is 48.5 Å². The van der Waals surface area contributed by atoms with Crippen molar-refractivity contribution in [2.75, 3.05) is 42.9 Å². The van der Waals surface area contributed by atoms with Gasteiger partial charge in [-0.2, -0.15) is 0 Å². The maximum absolute atomic E-state index is 14.3. The molecule has 1 fully saturated rings. The van der Waals surface area contributed by atoms with Crippen molar-refractivity contribution in [2.24, 2.45) is 0 Å². The molecule has 0 saturated carbocycles. The number of carbonyl (C=O) groups is 1. The van der Waals surface area contributed by atoms with Gasteiger partial charge in [-0.1, -0.05) is 24.3 Å². The molecular weight excluding hydrogens is 333 g/mol. The summed E-state index contributed by atoms with van der Waals surface area (Å²) in [5.74, 6) is -0.365. The first-order valence-corrected chi connectivity index (χ1v) is 8.82. The second kappa shape index (κ2) is 8.29. The maximum Gasteiger partial charge on any atom is 0.238 e. The van der Waals surface area contributed by atoms with Gasteiger partial charge >= 0.3 is 0 Å². The van der Waals surface area contributed by atoms with E-state index < -0.39 is 6.10 Å². The van der Waals surface area contributed by atoms with Crippen LogP contribution in [0.3, 0.4) is 0 Å². The van der Waals surface area contributed by atoms with Crippen molar-refractivity contribution in [3.8, 4) is 0 Å². The Bertz CT molecular complexity index is 744. The third kappa shape index (κ3) is 4.59. The largest absolute Gasteiger partial charge is 0.389 e. The van der Waals surface area contributed by atoms with E-state index in [0.29, 0.717) is 44.0 Å². The third-order valence-electron chi connectivity index (χ3n) is 4.59. The molecule has 1 atom stereocenters. The summed E-state index contributed by atoms with van der Waals surface area (Å²) in [6.45, 7) is 4.65. The lowest BCUT2D eigenvalue weighted by atomic mass is 10.1. The molecule has 26 heavy (non-hydrogen) atoms. The number of aliphatic hydroxyl groups is 1. The van der Waals surface area contributed by atoms with Gasteiger partial charge < -0.3 is 15.3 Å². The van der Waals surface area contributed by atoms with Crippen LogP contribution in [0.5, 0.6) is 0 Å². The fourth-order valence-corrected chi connectivity index (χ4v) is 3.11. The molecule has 1 aliphatic heterocycles. The summed E-state index contributed by atoms with van der Waals surface area (Å²) in [5, 5.41) is 12.4. The highest BCUT2D eigenvalue weighted by atomic mass is 19.1. The summed E-state index contributed by atoms with van der Waals surface area (Å²) in [6.07, 6.45) is -0.682. The zero-order chi connectivity index (χ0) is 18.5. The number of benzene rings is 2. The Labute approximate surface area is 153 Å². The molecule has 0 bridgehead atoms. The van der Waals surface area contributed by atoms with Crippen LogP contribution in [-0.2, 0) is 4.79 Å². The molecular formula is C20H24FN3O2. The highest BCUT2D eigenvalue weighted by Crippen LogP contribution is 2.24. The van der Waals surface area contributed by atoms with Crippen LogP contribution in [0.4, 0.5) is 15.8 Å². The molecule has 2 aromatic carbocycles. The summed E-state index contributed by atoms with van der Waals surface area (Å²) >= 11 is 0.